The summed E-state index contributed by atoms with van der Waals surface area (Å²) in [5.41, 5.74) is -0.272. The fourth-order valence-corrected chi connectivity index (χ4v) is 5.26. The second-order valence-electron chi connectivity index (χ2n) is 7.23. The van der Waals surface area contributed by atoms with E-state index in [0.29, 0.717) is 45.5 Å². The molecule has 0 aromatic heterocycles. The lowest BCUT2D eigenvalue weighted by Crippen LogP contribution is -2.53. The molecule has 0 bridgehead atoms. The molecule has 3 fully saturated rings. The van der Waals surface area contributed by atoms with E-state index < -0.39 is 10.0 Å². The first kappa shape index (κ1) is 18.1. The molecular weight excluding hydrogens is 332 g/mol. The van der Waals surface area contributed by atoms with Crippen molar-refractivity contribution in [2.24, 2.45) is 0 Å². The van der Waals surface area contributed by atoms with Gasteiger partial charge in [-0.15, -0.1) is 0 Å². The Morgan fingerprint density at radius 3 is 2.54 bits per heavy atom. The largest absolute Gasteiger partial charge is 0.378 e. The summed E-state index contributed by atoms with van der Waals surface area (Å²) in [6.07, 6.45) is 5.87. The molecule has 0 radical (unpaired) electrons. The average molecular weight is 360 g/mol. The van der Waals surface area contributed by atoms with Gasteiger partial charge in [0.2, 0.25) is 15.9 Å². The molecule has 3 rings (SSSR count). The van der Waals surface area contributed by atoms with Gasteiger partial charge in [-0.05, 0) is 32.1 Å². The molecule has 7 nitrogen and oxygen atoms in total. The van der Waals surface area contributed by atoms with E-state index in [9.17, 15) is 13.2 Å². The molecule has 0 spiro atoms. The maximum absolute atomic E-state index is 12.7. The first-order valence-corrected chi connectivity index (χ1v) is 10.6. The van der Waals surface area contributed by atoms with E-state index in [1.807, 2.05) is 4.90 Å². The highest BCUT2D eigenvalue weighted by molar-refractivity contribution is 7.88. The number of fused-ring (bicyclic) bond motifs is 1. The number of morpholine rings is 1. The molecular formula is C16H28N2O5S. The van der Waals surface area contributed by atoms with Crippen molar-refractivity contribution >= 4 is 15.9 Å². The predicted molar refractivity (Wildman–Crippen MR) is 89.1 cm³/mol. The summed E-state index contributed by atoms with van der Waals surface area (Å²) in [4.78, 5) is 14.5. The van der Waals surface area contributed by atoms with E-state index in [2.05, 4.69) is 0 Å². The lowest BCUT2D eigenvalue weighted by atomic mass is 9.77. The van der Waals surface area contributed by atoms with Gasteiger partial charge in [0, 0.05) is 26.7 Å². The van der Waals surface area contributed by atoms with Gasteiger partial charge in [-0.3, -0.25) is 4.79 Å². The lowest BCUT2D eigenvalue weighted by molar-refractivity contribution is -0.144. The number of ether oxygens (including phenoxy) is 2. The molecule has 24 heavy (non-hydrogen) atoms. The third-order valence-corrected chi connectivity index (χ3v) is 7.08. The van der Waals surface area contributed by atoms with Crippen LogP contribution in [0.4, 0.5) is 0 Å². The number of hydrogen-bond donors (Lipinski definition) is 0. The Labute approximate surface area is 144 Å². The third-order valence-electron chi connectivity index (χ3n) is 5.77. The number of carbonyl (C=O) groups excluding carboxylic acids is 1. The second kappa shape index (κ2) is 6.90. The summed E-state index contributed by atoms with van der Waals surface area (Å²) in [5, 5.41) is 0. The van der Waals surface area contributed by atoms with Crippen LogP contribution >= 0.6 is 0 Å². The standard InChI is InChI=1S/C16H28N2O5S/c1-22-16(6-3-7-16)12-15(19)17-8-4-13-14(5-9-17)23-11-10-18(13)24(2,20)21/h13-14H,3-12H2,1-2H3/t13-,14-/m1/s1. The van der Waals surface area contributed by atoms with E-state index in [0.717, 1.165) is 19.3 Å². The molecule has 138 valence electrons. The molecule has 0 aromatic rings. The zero-order valence-electron chi connectivity index (χ0n) is 14.6. The first-order chi connectivity index (χ1) is 11.3. The van der Waals surface area contributed by atoms with Crippen molar-refractivity contribution in [3.05, 3.63) is 0 Å². The SMILES string of the molecule is COC1(CC(=O)N2CC[C@@H]3[C@@H](CC2)OCCN3S(C)(=O)=O)CCC1. The van der Waals surface area contributed by atoms with Crippen LogP contribution in [0, 0.1) is 0 Å². The van der Waals surface area contributed by atoms with Gasteiger partial charge in [0.1, 0.15) is 0 Å². The van der Waals surface area contributed by atoms with Gasteiger partial charge in [0.15, 0.2) is 0 Å². The maximum atomic E-state index is 12.7. The maximum Gasteiger partial charge on any atom is 0.225 e. The van der Waals surface area contributed by atoms with Gasteiger partial charge in [-0.1, -0.05) is 0 Å². The van der Waals surface area contributed by atoms with Crippen LogP contribution in [0.25, 0.3) is 0 Å². The molecule has 3 aliphatic rings. The second-order valence-corrected chi connectivity index (χ2v) is 9.16. The van der Waals surface area contributed by atoms with Crippen LogP contribution in [0.3, 0.4) is 0 Å². The van der Waals surface area contributed by atoms with E-state index >= 15 is 0 Å². The Morgan fingerprint density at radius 2 is 1.96 bits per heavy atom. The van der Waals surface area contributed by atoms with Crippen molar-refractivity contribution in [2.75, 3.05) is 39.6 Å². The molecule has 1 amide bonds. The highest BCUT2D eigenvalue weighted by Crippen LogP contribution is 2.38. The normalized spacial score (nSPS) is 31.0. The summed E-state index contributed by atoms with van der Waals surface area (Å²) in [6.45, 7) is 2.03. The van der Waals surface area contributed by atoms with Crippen LogP contribution in [-0.2, 0) is 24.3 Å². The number of carbonyl (C=O) groups is 1. The summed E-state index contributed by atoms with van der Waals surface area (Å²) < 4.78 is 36.9. The van der Waals surface area contributed by atoms with Crippen LogP contribution in [0.1, 0.15) is 38.5 Å². The minimum Gasteiger partial charge on any atom is -0.378 e. The number of methoxy groups -OCH3 is 1. The zero-order valence-corrected chi connectivity index (χ0v) is 15.4. The topological polar surface area (TPSA) is 76.2 Å². The summed E-state index contributed by atoms with van der Waals surface area (Å²) in [7, 11) is -1.57. The Morgan fingerprint density at radius 1 is 1.25 bits per heavy atom. The van der Waals surface area contributed by atoms with E-state index in [1.165, 1.54) is 6.26 Å². The Kier molecular flexibility index (Phi) is 5.20. The smallest absolute Gasteiger partial charge is 0.225 e. The van der Waals surface area contributed by atoms with Crippen LogP contribution < -0.4 is 0 Å². The lowest BCUT2D eigenvalue weighted by Gasteiger charge is -2.41. The predicted octanol–water partition coefficient (Wildman–Crippen LogP) is 0.597. The van der Waals surface area contributed by atoms with Crippen molar-refractivity contribution in [3.63, 3.8) is 0 Å². The Balaban J connectivity index is 1.65. The molecule has 2 heterocycles. The third kappa shape index (κ3) is 3.61. The van der Waals surface area contributed by atoms with Crippen LogP contribution in [0.5, 0.6) is 0 Å². The minimum absolute atomic E-state index is 0.112. The van der Waals surface area contributed by atoms with Gasteiger partial charge in [0.05, 0.1) is 37.0 Å². The van der Waals surface area contributed by atoms with E-state index in [-0.39, 0.29) is 23.7 Å². The molecule has 1 saturated carbocycles. The Bertz CT molecular complexity index is 570. The highest BCUT2D eigenvalue weighted by Gasteiger charge is 2.42. The quantitative estimate of drug-likeness (QED) is 0.734. The van der Waals surface area contributed by atoms with Crippen LogP contribution in [0.2, 0.25) is 0 Å². The fraction of sp³-hybridized carbons (Fsp3) is 0.938. The van der Waals surface area contributed by atoms with Crippen molar-refractivity contribution in [2.45, 2.75) is 56.3 Å². The molecule has 2 saturated heterocycles. The monoisotopic (exact) mass is 360 g/mol. The summed E-state index contributed by atoms with van der Waals surface area (Å²) in [5.74, 6) is 0.112. The van der Waals surface area contributed by atoms with Crippen LogP contribution in [-0.4, -0.2) is 80.9 Å². The van der Waals surface area contributed by atoms with Crippen molar-refractivity contribution in [1.82, 2.24) is 9.21 Å². The van der Waals surface area contributed by atoms with Gasteiger partial charge in [0.25, 0.3) is 0 Å². The number of likely N-dealkylation sites (tertiary alicyclic amines) is 1. The van der Waals surface area contributed by atoms with Gasteiger partial charge in [-0.2, -0.15) is 4.31 Å². The number of rotatable bonds is 4. The van der Waals surface area contributed by atoms with Gasteiger partial charge < -0.3 is 14.4 Å². The first-order valence-electron chi connectivity index (χ1n) is 8.76. The molecule has 2 atom stereocenters. The fourth-order valence-electron chi connectivity index (χ4n) is 4.12. The molecule has 1 aliphatic carbocycles. The molecule has 8 heteroatoms. The molecule has 0 aromatic carbocycles. The number of nitrogens with zero attached hydrogens (tertiary/aromatic N) is 2. The summed E-state index contributed by atoms with van der Waals surface area (Å²) >= 11 is 0. The van der Waals surface area contributed by atoms with E-state index in [4.69, 9.17) is 9.47 Å². The zero-order chi connectivity index (χ0) is 17.4. The van der Waals surface area contributed by atoms with E-state index in [1.54, 1.807) is 11.4 Å². The molecule has 0 N–H and O–H groups in total. The Hall–Kier alpha value is -0.700. The van der Waals surface area contributed by atoms with Crippen molar-refractivity contribution in [1.29, 1.82) is 0 Å². The summed E-state index contributed by atoms with van der Waals surface area (Å²) in [6, 6.07) is -0.161. The number of amides is 1. The highest BCUT2D eigenvalue weighted by atomic mass is 32.2. The van der Waals surface area contributed by atoms with Gasteiger partial charge >= 0.3 is 0 Å². The average Bonchev–Trinajstić information content (AvgIpc) is 2.72. The van der Waals surface area contributed by atoms with Crippen molar-refractivity contribution in [3.8, 4) is 0 Å². The number of hydrogen-bond acceptors (Lipinski definition) is 5. The minimum atomic E-state index is -3.25. The number of sulfonamides is 1. The molecule has 0 unspecified atom stereocenters. The van der Waals surface area contributed by atoms with Gasteiger partial charge in [-0.25, -0.2) is 8.42 Å². The van der Waals surface area contributed by atoms with Crippen molar-refractivity contribution < 1.29 is 22.7 Å². The molecule has 2 aliphatic heterocycles. The van der Waals surface area contributed by atoms with Crippen LogP contribution in [0.15, 0.2) is 0 Å².